The molecule has 2 heteroatoms. The minimum atomic E-state index is 0.0427. The van der Waals surface area contributed by atoms with E-state index in [0.29, 0.717) is 11.4 Å². The Labute approximate surface area is 206 Å². The van der Waals surface area contributed by atoms with Crippen LogP contribution in [0.15, 0.2) is 88.7 Å². The third-order valence-corrected chi connectivity index (χ3v) is 10.6. The van der Waals surface area contributed by atoms with Gasteiger partial charge in [-0.1, -0.05) is 61.4 Å². The summed E-state index contributed by atoms with van der Waals surface area (Å²) in [5, 5.41) is 6.17. The van der Waals surface area contributed by atoms with Gasteiger partial charge in [0.15, 0.2) is 9.79 Å². The summed E-state index contributed by atoms with van der Waals surface area (Å²) in [7, 11) is 0.0427. The first-order valence-corrected chi connectivity index (χ1v) is 14.6. The summed E-state index contributed by atoms with van der Waals surface area (Å²) in [6, 6.07) is 29.6. The van der Waals surface area contributed by atoms with E-state index >= 15 is 0 Å². The number of fused-ring (bicyclic) bond motifs is 2. The highest BCUT2D eigenvalue weighted by molar-refractivity contribution is 7.98. The lowest BCUT2D eigenvalue weighted by molar-refractivity contribution is 0.157. The van der Waals surface area contributed by atoms with Crippen molar-refractivity contribution in [3.05, 3.63) is 78.9 Å². The van der Waals surface area contributed by atoms with Crippen LogP contribution in [0.3, 0.4) is 0 Å². The first-order valence-electron chi connectivity index (χ1n) is 13.3. The molecule has 4 aromatic carbocycles. The molecule has 2 saturated carbocycles. The summed E-state index contributed by atoms with van der Waals surface area (Å²) >= 11 is 0. The first kappa shape index (κ1) is 22.0. The fourth-order valence-electron chi connectivity index (χ4n) is 6.07. The lowest BCUT2D eigenvalue weighted by atomic mass is 9.97. The van der Waals surface area contributed by atoms with Gasteiger partial charge in [0.1, 0.15) is 11.0 Å². The lowest BCUT2D eigenvalue weighted by Gasteiger charge is -2.26. The molecule has 34 heavy (non-hydrogen) atoms. The predicted octanol–water partition coefficient (Wildman–Crippen LogP) is 9.07. The maximum atomic E-state index is 6.63. The summed E-state index contributed by atoms with van der Waals surface area (Å²) in [6.07, 6.45) is 13.5. The van der Waals surface area contributed by atoms with Crippen molar-refractivity contribution in [3.8, 4) is 5.75 Å². The Balaban J connectivity index is 1.49. The molecule has 2 aliphatic carbocycles. The molecular formula is C32H35OS+. The van der Waals surface area contributed by atoms with Gasteiger partial charge in [0.05, 0.1) is 17.0 Å². The maximum absolute atomic E-state index is 6.63. The van der Waals surface area contributed by atoms with Crippen molar-refractivity contribution < 1.29 is 4.74 Å². The van der Waals surface area contributed by atoms with Gasteiger partial charge in [-0.05, 0) is 87.1 Å². The van der Waals surface area contributed by atoms with Gasteiger partial charge in [-0.2, -0.15) is 0 Å². The molecular weight excluding hydrogens is 432 g/mol. The molecule has 0 amide bonds. The molecule has 6 rings (SSSR count). The Kier molecular flexibility index (Phi) is 6.51. The van der Waals surface area contributed by atoms with Gasteiger partial charge in [-0.3, -0.25) is 0 Å². The molecule has 0 heterocycles. The van der Waals surface area contributed by atoms with E-state index in [2.05, 4.69) is 78.9 Å². The molecule has 174 valence electrons. The van der Waals surface area contributed by atoms with Crippen LogP contribution in [-0.4, -0.2) is 11.4 Å². The fourth-order valence-corrected chi connectivity index (χ4v) is 9.10. The topological polar surface area (TPSA) is 9.23 Å². The first-order chi connectivity index (χ1) is 16.9. The molecule has 0 radical (unpaired) electrons. The number of rotatable bonds is 5. The second-order valence-electron chi connectivity index (χ2n) is 10.1. The number of ether oxygens (including phenoxy) is 1. The largest absolute Gasteiger partial charge is 0.490 e. The van der Waals surface area contributed by atoms with E-state index in [1.165, 1.54) is 95.5 Å². The Hall–Kier alpha value is -2.45. The predicted molar refractivity (Wildman–Crippen MR) is 146 cm³/mol. The van der Waals surface area contributed by atoms with Crippen molar-refractivity contribution >= 4 is 32.4 Å². The van der Waals surface area contributed by atoms with Crippen LogP contribution in [0.1, 0.15) is 64.2 Å². The molecule has 0 aliphatic heterocycles. The van der Waals surface area contributed by atoms with Crippen molar-refractivity contribution in [2.75, 3.05) is 0 Å². The van der Waals surface area contributed by atoms with Crippen molar-refractivity contribution in [3.63, 3.8) is 0 Å². The molecule has 0 saturated heterocycles. The maximum Gasteiger partial charge on any atom is 0.169 e. The van der Waals surface area contributed by atoms with Gasteiger partial charge in [0, 0.05) is 16.2 Å². The summed E-state index contributed by atoms with van der Waals surface area (Å²) in [5.41, 5.74) is 0. The molecule has 1 atom stereocenters. The molecule has 2 aliphatic rings. The van der Waals surface area contributed by atoms with E-state index in [9.17, 15) is 0 Å². The van der Waals surface area contributed by atoms with E-state index < -0.39 is 0 Å². The second kappa shape index (κ2) is 10.0. The summed E-state index contributed by atoms with van der Waals surface area (Å²) in [5.74, 6) is 1.08. The van der Waals surface area contributed by atoms with Crippen LogP contribution in [0.25, 0.3) is 21.5 Å². The molecule has 1 nitrogen and oxygen atoms in total. The van der Waals surface area contributed by atoms with Gasteiger partial charge < -0.3 is 4.74 Å². The van der Waals surface area contributed by atoms with Crippen LogP contribution in [0.2, 0.25) is 0 Å². The third kappa shape index (κ3) is 4.33. The SMILES string of the molecule is c1ccc2c([S+](c3ccc(OC4CCCCC4)c4ccccc34)C3CCCCC3)cccc2c1. The highest BCUT2D eigenvalue weighted by atomic mass is 32.2. The zero-order valence-corrected chi connectivity index (χ0v) is 20.9. The van der Waals surface area contributed by atoms with Gasteiger partial charge in [-0.25, -0.2) is 0 Å². The Morgan fingerprint density at radius 2 is 1.15 bits per heavy atom. The van der Waals surface area contributed by atoms with E-state index in [1.807, 2.05) is 0 Å². The Morgan fingerprint density at radius 3 is 1.94 bits per heavy atom. The smallest absolute Gasteiger partial charge is 0.169 e. The van der Waals surface area contributed by atoms with Crippen molar-refractivity contribution in [1.29, 1.82) is 0 Å². The molecule has 4 aromatic rings. The lowest BCUT2D eigenvalue weighted by Crippen LogP contribution is -2.25. The van der Waals surface area contributed by atoms with Crippen LogP contribution >= 0.6 is 0 Å². The average molecular weight is 468 g/mol. The van der Waals surface area contributed by atoms with E-state index in [1.54, 1.807) is 0 Å². The second-order valence-corrected chi connectivity index (χ2v) is 12.3. The van der Waals surface area contributed by atoms with E-state index in [-0.39, 0.29) is 10.9 Å². The summed E-state index contributed by atoms with van der Waals surface area (Å²) in [6.45, 7) is 0. The quantitative estimate of drug-likeness (QED) is 0.266. The molecule has 0 bridgehead atoms. The van der Waals surface area contributed by atoms with Crippen molar-refractivity contribution in [2.45, 2.75) is 85.4 Å². The molecule has 2 fully saturated rings. The van der Waals surface area contributed by atoms with Gasteiger partial charge in [0.25, 0.3) is 0 Å². The van der Waals surface area contributed by atoms with E-state index in [4.69, 9.17) is 4.74 Å². The highest BCUT2D eigenvalue weighted by Gasteiger charge is 2.39. The minimum absolute atomic E-state index is 0.0427. The average Bonchev–Trinajstić information content (AvgIpc) is 2.91. The normalized spacial score (nSPS) is 18.8. The number of benzene rings is 4. The Morgan fingerprint density at radius 1 is 0.529 bits per heavy atom. The number of hydrogen-bond acceptors (Lipinski definition) is 1. The van der Waals surface area contributed by atoms with Crippen molar-refractivity contribution in [2.24, 2.45) is 0 Å². The summed E-state index contributed by atoms with van der Waals surface area (Å²) < 4.78 is 6.63. The third-order valence-electron chi connectivity index (χ3n) is 7.80. The molecule has 0 aromatic heterocycles. The summed E-state index contributed by atoms with van der Waals surface area (Å²) in [4.78, 5) is 3.03. The Bertz CT molecular complexity index is 1260. The standard InChI is InChI=1S/C32H35OS/c1-3-14-25(15-4-1)33-30-22-23-32(29-20-10-9-19-28(29)30)34(26-16-5-2-6-17-26)31-21-11-13-24-12-7-8-18-27(24)31/h7-13,18-23,25-26H,1-6,14-17H2/q+1. The van der Waals surface area contributed by atoms with Crippen LogP contribution in [-0.2, 0) is 10.9 Å². The van der Waals surface area contributed by atoms with Crippen LogP contribution in [0.4, 0.5) is 0 Å². The van der Waals surface area contributed by atoms with Gasteiger partial charge in [-0.15, -0.1) is 0 Å². The highest BCUT2D eigenvalue weighted by Crippen LogP contribution is 2.43. The zero-order valence-electron chi connectivity index (χ0n) is 20.0. The zero-order chi connectivity index (χ0) is 22.7. The van der Waals surface area contributed by atoms with Crippen LogP contribution in [0.5, 0.6) is 5.75 Å². The van der Waals surface area contributed by atoms with Gasteiger partial charge >= 0.3 is 0 Å². The van der Waals surface area contributed by atoms with E-state index in [0.717, 1.165) is 5.75 Å². The molecule has 1 unspecified atom stereocenters. The van der Waals surface area contributed by atoms with Gasteiger partial charge in [0.2, 0.25) is 0 Å². The van der Waals surface area contributed by atoms with Crippen LogP contribution < -0.4 is 4.74 Å². The van der Waals surface area contributed by atoms with Crippen LogP contribution in [0, 0.1) is 0 Å². The van der Waals surface area contributed by atoms with Crippen molar-refractivity contribution in [1.82, 2.24) is 0 Å². The number of hydrogen-bond donors (Lipinski definition) is 0. The monoisotopic (exact) mass is 467 g/mol. The molecule has 0 N–H and O–H groups in total. The molecule has 0 spiro atoms. The minimum Gasteiger partial charge on any atom is -0.490 e. The fraction of sp³-hybridized carbons (Fsp3) is 0.375.